The molecule has 2 aliphatic rings. The maximum absolute atomic E-state index is 12.4. The molecule has 0 spiro atoms. The highest BCUT2D eigenvalue weighted by molar-refractivity contribution is 5.82. The van der Waals surface area contributed by atoms with Crippen LogP contribution in [0.2, 0.25) is 0 Å². The van der Waals surface area contributed by atoms with Gasteiger partial charge in [-0.2, -0.15) is 0 Å². The summed E-state index contributed by atoms with van der Waals surface area (Å²) in [5.74, 6) is -0.275. The van der Waals surface area contributed by atoms with Crippen LogP contribution in [0.4, 0.5) is 0 Å². The van der Waals surface area contributed by atoms with E-state index in [9.17, 15) is 14.7 Å². The van der Waals surface area contributed by atoms with E-state index in [1.807, 2.05) is 18.7 Å². The molecule has 1 aliphatic carbocycles. The van der Waals surface area contributed by atoms with E-state index in [0.29, 0.717) is 6.42 Å². The fourth-order valence-electron chi connectivity index (χ4n) is 4.49. The van der Waals surface area contributed by atoms with Gasteiger partial charge in [-0.25, -0.2) is 0 Å². The second kappa shape index (κ2) is 6.80. The van der Waals surface area contributed by atoms with Gasteiger partial charge >= 0.3 is 5.97 Å². The molecule has 2 rings (SSSR count). The molecule has 1 saturated carbocycles. The van der Waals surface area contributed by atoms with E-state index >= 15 is 0 Å². The van der Waals surface area contributed by atoms with Crippen molar-refractivity contribution in [3.05, 3.63) is 0 Å². The van der Waals surface area contributed by atoms with E-state index in [4.69, 9.17) is 0 Å². The molecule has 4 nitrogen and oxygen atoms in total. The van der Waals surface area contributed by atoms with Crippen LogP contribution in [0.1, 0.15) is 65.7 Å². The molecule has 120 valence electrons. The van der Waals surface area contributed by atoms with Crippen LogP contribution in [0.3, 0.4) is 0 Å². The first-order chi connectivity index (χ1) is 9.95. The fourth-order valence-corrected chi connectivity index (χ4v) is 4.49. The van der Waals surface area contributed by atoms with Gasteiger partial charge in [-0.3, -0.25) is 9.59 Å². The molecule has 1 aliphatic heterocycles. The molecule has 0 aromatic heterocycles. The maximum atomic E-state index is 12.4. The van der Waals surface area contributed by atoms with Crippen molar-refractivity contribution >= 4 is 11.9 Å². The van der Waals surface area contributed by atoms with Gasteiger partial charge < -0.3 is 10.0 Å². The summed E-state index contributed by atoms with van der Waals surface area (Å²) in [4.78, 5) is 25.8. The van der Waals surface area contributed by atoms with Gasteiger partial charge in [-0.05, 0) is 44.4 Å². The largest absolute Gasteiger partial charge is 0.481 e. The van der Waals surface area contributed by atoms with Crippen LogP contribution in [-0.4, -0.2) is 34.0 Å². The number of carbonyl (C=O) groups is 2. The number of hydrogen-bond donors (Lipinski definition) is 1. The fraction of sp³-hybridized carbons (Fsp3) is 0.882. The van der Waals surface area contributed by atoms with Crippen molar-refractivity contribution in [3.8, 4) is 0 Å². The SMILES string of the molecule is CCCC1CCC(N2C(=O)CC(C)C(C(=O)O)C2C)CC1. The van der Waals surface area contributed by atoms with E-state index in [1.54, 1.807) is 0 Å². The Morgan fingerprint density at radius 3 is 2.38 bits per heavy atom. The average Bonchev–Trinajstić information content (AvgIpc) is 2.40. The van der Waals surface area contributed by atoms with E-state index < -0.39 is 11.9 Å². The monoisotopic (exact) mass is 295 g/mol. The summed E-state index contributed by atoms with van der Waals surface area (Å²) in [7, 11) is 0. The average molecular weight is 295 g/mol. The summed E-state index contributed by atoms with van der Waals surface area (Å²) in [6.07, 6.45) is 7.35. The van der Waals surface area contributed by atoms with Crippen molar-refractivity contribution in [2.24, 2.45) is 17.8 Å². The molecule has 0 aromatic rings. The number of carboxylic acids is 1. The highest BCUT2D eigenvalue weighted by Gasteiger charge is 2.44. The molecule has 1 N–H and O–H groups in total. The molecule has 0 radical (unpaired) electrons. The highest BCUT2D eigenvalue weighted by atomic mass is 16.4. The molecule has 1 saturated heterocycles. The second-order valence-corrected chi connectivity index (χ2v) is 7.05. The van der Waals surface area contributed by atoms with E-state index in [0.717, 1.165) is 18.8 Å². The van der Waals surface area contributed by atoms with Crippen LogP contribution in [-0.2, 0) is 9.59 Å². The Morgan fingerprint density at radius 2 is 1.86 bits per heavy atom. The topological polar surface area (TPSA) is 57.6 Å². The molecular formula is C17H29NO3. The van der Waals surface area contributed by atoms with Gasteiger partial charge in [0, 0.05) is 18.5 Å². The zero-order valence-electron chi connectivity index (χ0n) is 13.5. The number of rotatable bonds is 4. The van der Waals surface area contributed by atoms with Crippen molar-refractivity contribution in [2.45, 2.75) is 77.8 Å². The second-order valence-electron chi connectivity index (χ2n) is 7.05. The van der Waals surface area contributed by atoms with Crippen LogP contribution in [0.15, 0.2) is 0 Å². The van der Waals surface area contributed by atoms with Crippen molar-refractivity contribution in [2.75, 3.05) is 0 Å². The predicted octanol–water partition coefficient (Wildman–Crippen LogP) is 3.30. The summed E-state index contributed by atoms with van der Waals surface area (Å²) in [6.45, 7) is 6.04. The standard InChI is InChI=1S/C17H29NO3/c1-4-5-13-6-8-14(9-7-13)18-12(3)16(17(20)21)11(2)10-15(18)19/h11-14,16H,4-10H2,1-3H3,(H,20,21). The minimum atomic E-state index is -0.757. The molecule has 3 unspecified atom stereocenters. The summed E-state index contributed by atoms with van der Waals surface area (Å²) in [6, 6.07) is 0.0847. The summed E-state index contributed by atoms with van der Waals surface area (Å²) >= 11 is 0. The highest BCUT2D eigenvalue weighted by Crippen LogP contribution is 2.37. The molecule has 0 aromatic carbocycles. The van der Waals surface area contributed by atoms with Gasteiger partial charge in [0.25, 0.3) is 0 Å². The molecule has 1 heterocycles. The predicted molar refractivity (Wildman–Crippen MR) is 81.9 cm³/mol. The Hall–Kier alpha value is -1.06. The number of likely N-dealkylation sites (tertiary alicyclic amines) is 1. The van der Waals surface area contributed by atoms with Crippen LogP contribution in [0.25, 0.3) is 0 Å². The number of piperidine rings is 1. The minimum Gasteiger partial charge on any atom is -0.481 e. The Morgan fingerprint density at radius 1 is 1.24 bits per heavy atom. The zero-order chi connectivity index (χ0) is 15.6. The molecule has 21 heavy (non-hydrogen) atoms. The molecule has 1 amide bonds. The molecule has 4 heteroatoms. The van der Waals surface area contributed by atoms with Gasteiger partial charge in [0.05, 0.1) is 5.92 Å². The first kappa shape index (κ1) is 16.3. The summed E-state index contributed by atoms with van der Waals surface area (Å²) < 4.78 is 0. The number of carbonyl (C=O) groups excluding carboxylic acids is 1. The lowest BCUT2D eigenvalue weighted by molar-refractivity contribution is -0.157. The number of amides is 1. The number of hydrogen-bond acceptors (Lipinski definition) is 2. The van der Waals surface area contributed by atoms with Gasteiger partial charge in [0.15, 0.2) is 0 Å². The minimum absolute atomic E-state index is 0.0577. The van der Waals surface area contributed by atoms with Crippen LogP contribution >= 0.6 is 0 Å². The first-order valence-electron chi connectivity index (χ1n) is 8.49. The first-order valence-corrected chi connectivity index (χ1v) is 8.49. The summed E-state index contributed by atoms with van der Waals surface area (Å²) in [5, 5.41) is 9.46. The third kappa shape index (κ3) is 3.41. The normalized spacial score (nSPS) is 37.6. The number of nitrogens with zero attached hydrogens (tertiary/aromatic N) is 1. The zero-order valence-corrected chi connectivity index (χ0v) is 13.5. The van der Waals surface area contributed by atoms with E-state index in [1.165, 1.54) is 25.7 Å². The van der Waals surface area contributed by atoms with Gasteiger partial charge in [0.2, 0.25) is 5.91 Å². The van der Waals surface area contributed by atoms with Crippen molar-refractivity contribution in [3.63, 3.8) is 0 Å². The molecule has 2 fully saturated rings. The van der Waals surface area contributed by atoms with Crippen molar-refractivity contribution in [1.82, 2.24) is 4.90 Å². The molecule has 3 atom stereocenters. The van der Waals surface area contributed by atoms with E-state index in [2.05, 4.69) is 6.92 Å². The quantitative estimate of drug-likeness (QED) is 0.865. The smallest absolute Gasteiger partial charge is 0.308 e. The third-order valence-corrected chi connectivity index (χ3v) is 5.55. The summed E-state index contributed by atoms with van der Waals surface area (Å²) in [5.41, 5.74) is 0. The van der Waals surface area contributed by atoms with Gasteiger partial charge in [0.1, 0.15) is 0 Å². The van der Waals surface area contributed by atoms with Crippen molar-refractivity contribution in [1.29, 1.82) is 0 Å². The van der Waals surface area contributed by atoms with Crippen LogP contribution < -0.4 is 0 Å². The Balaban J connectivity index is 2.04. The molecule has 0 bridgehead atoms. The molecular weight excluding hydrogens is 266 g/mol. The van der Waals surface area contributed by atoms with E-state index in [-0.39, 0.29) is 23.9 Å². The Bertz CT molecular complexity index is 387. The lowest BCUT2D eigenvalue weighted by Crippen LogP contribution is -2.57. The number of carboxylic acid groups (broad SMARTS) is 1. The van der Waals surface area contributed by atoms with Crippen LogP contribution in [0.5, 0.6) is 0 Å². The van der Waals surface area contributed by atoms with Gasteiger partial charge in [-0.15, -0.1) is 0 Å². The number of aliphatic carboxylic acids is 1. The third-order valence-electron chi connectivity index (χ3n) is 5.55. The Labute approximate surface area is 127 Å². The van der Waals surface area contributed by atoms with Gasteiger partial charge in [-0.1, -0.05) is 26.7 Å². The lowest BCUT2D eigenvalue weighted by atomic mass is 9.77. The lowest BCUT2D eigenvalue weighted by Gasteiger charge is -2.46. The van der Waals surface area contributed by atoms with Crippen LogP contribution in [0, 0.1) is 17.8 Å². The van der Waals surface area contributed by atoms with Crippen molar-refractivity contribution < 1.29 is 14.7 Å². The Kier molecular flexibility index (Phi) is 5.28. The maximum Gasteiger partial charge on any atom is 0.308 e.